The van der Waals surface area contributed by atoms with Crippen LogP contribution in [0.25, 0.3) is 0 Å². The molecule has 1 saturated heterocycles. The molecule has 2 fully saturated rings. The molecule has 8 nitrogen and oxygen atoms in total. The van der Waals surface area contributed by atoms with Crippen LogP contribution in [0.3, 0.4) is 0 Å². The molecule has 0 radical (unpaired) electrons. The number of carbonyl (C=O) groups is 1. The highest BCUT2D eigenvalue weighted by molar-refractivity contribution is 9.10. The van der Waals surface area contributed by atoms with Crippen molar-refractivity contribution < 1.29 is 4.79 Å². The average Bonchev–Trinajstić information content (AvgIpc) is 2.85. The number of aromatic nitrogens is 2. The molecule has 9 heteroatoms. The molecule has 0 atom stereocenters. The van der Waals surface area contributed by atoms with Gasteiger partial charge in [0.15, 0.2) is 5.82 Å². The van der Waals surface area contributed by atoms with Crippen LogP contribution in [0, 0.1) is 0 Å². The maximum atomic E-state index is 13.2. The Morgan fingerprint density at radius 1 is 1.15 bits per heavy atom. The molecular formula is C24H34BrN7O. The van der Waals surface area contributed by atoms with Gasteiger partial charge < -0.3 is 10.6 Å². The number of benzene rings is 1. The van der Waals surface area contributed by atoms with Crippen molar-refractivity contribution in [1.29, 1.82) is 0 Å². The minimum Gasteiger partial charge on any atom is -0.369 e. The number of nitrogens with one attached hydrogen (secondary N) is 1. The van der Waals surface area contributed by atoms with Crippen LogP contribution in [0.5, 0.6) is 0 Å². The molecular weight excluding hydrogens is 482 g/mol. The van der Waals surface area contributed by atoms with E-state index in [1.54, 1.807) is 6.20 Å². The van der Waals surface area contributed by atoms with Gasteiger partial charge in [-0.2, -0.15) is 4.98 Å². The van der Waals surface area contributed by atoms with Crippen molar-refractivity contribution in [2.45, 2.75) is 51.5 Å². The van der Waals surface area contributed by atoms with Crippen molar-refractivity contribution in [2.24, 2.45) is 0 Å². The van der Waals surface area contributed by atoms with E-state index in [1.165, 1.54) is 19.4 Å². The lowest BCUT2D eigenvalue weighted by Gasteiger charge is -2.36. The highest BCUT2D eigenvalue weighted by Gasteiger charge is 2.27. The number of nitrogens with zero attached hydrogens (tertiary/aromatic N) is 5. The third-order valence-electron chi connectivity index (χ3n) is 6.54. The quantitative estimate of drug-likeness (QED) is 0.541. The maximum absolute atomic E-state index is 13.2. The molecule has 1 aliphatic carbocycles. The molecule has 1 amide bonds. The monoisotopic (exact) mass is 515 g/mol. The number of rotatable bonds is 7. The zero-order valence-electron chi connectivity index (χ0n) is 19.3. The normalized spacial score (nSPS) is 17.7. The number of carbonyl (C=O) groups excluding carboxylic acids is 1. The molecule has 1 aliphatic heterocycles. The number of hydrogen-bond donors (Lipinski definition) is 2. The zero-order valence-corrected chi connectivity index (χ0v) is 20.9. The Bertz CT molecular complexity index is 925. The fourth-order valence-corrected chi connectivity index (χ4v) is 5.12. The van der Waals surface area contributed by atoms with Crippen molar-refractivity contribution in [2.75, 3.05) is 48.4 Å². The van der Waals surface area contributed by atoms with Crippen LogP contribution in [0.1, 0.15) is 55.8 Å². The average molecular weight is 516 g/mol. The summed E-state index contributed by atoms with van der Waals surface area (Å²) >= 11 is 3.53. The molecule has 0 bridgehead atoms. The van der Waals surface area contributed by atoms with Gasteiger partial charge in [0, 0.05) is 43.6 Å². The largest absolute Gasteiger partial charge is 0.369 e. The summed E-state index contributed by atoms with van der Waals surface area (Å²) < 4.78 is 0.708. The van der Waals surface area contributed by atoms with Crippen molar-refractivity contribution >= 4 is 39.3 Å². The van der Waals surface area contributed by atoms with Crippen LogP contribution in [0.2, 0.25) is 0 Å². The Labute approximate surface area is 204 Å². The van der Waals surface area contributed by atoms with E-state index in [-0.39, 0.29) is 17.9 Å². The fourth-order valence-electron chi connectivity index (χ4n) is 4.74. The number of anilines is 3. The predicted molar refractivity (Wildman–Crippen MR) is 136 cm³/mol. The van der Waals surface area contributed by atoms with Gasteiger partial charge in [-0.25, -0.2) is 4.98 Å². The molecule has 2 aromatic rings. The summed E-state index contributed by atoms with van der Waals surface area (Å²) in [6.07, 6.45) is 8.32. The van der Waals surface area contributed by atoms with Gasteiger partial charge in [-0.1, -0.05) is 26.2 Å². The maximum Gasteiger partial charge on any atom is 0.269 e. The second kappa shape index (κ2) is 11.2. The second-order valence-electron chi connectivity index (χ2n) is 8.88. The van der Waals surface area contributed by atoms with Gasteiger partial charge in [0.2, 0.25) is 5.95 Å². The van der Waals surface area contributed by atoms with Gasteiger partial charge in [0.1, 0.15) is 0 Å². The molecule has 1 aromatic carbocycles. The van der Waals surface area contributed by atoms with Crippen molar-refractivity contribution in [3.8, 4) is 0 Å². The molecule has 0 spiro atoms. The van der Waals surface area contributed by atoms with Crippen molar-refractivity contribution in [1.82, 2.24) is 20.3 Å². The predicted octanol–water partition coefficient (Wildman–Crippen LogP) is 3.84. The van der Waals surface area contributed by atoms with Crippen LogP contribution >= 0.6 is 15.9 Å². The Hall–Kier alpha value is -2.39. The van der Waals surface area contributed by atoms with Gasteiger partial charge in [-0.3, -0.25) is 20.1 Å². The van der Waals surface area contributed by atoms with E-state index in [2.05, 4.69) is 48.0 Å². The molecule has 1 aromatic heterocycles. The topological polar surface area (TPSA) is 90.6 Å². The number of nitrogens with two attached hydrogens (primary N) is 1. The van der Waals surface area contributed by atoms with Crippen LogP contribution in [-0.2, 0) is 0 Å². The van der Waals surface area contributed by atoms with Crippen LogP contribution in [0.4, 0.5) is 17.5 Å². The van der Waals surface area contributed by atoms with E-state index in [4.69, 9.17) is 5.73 Å². The lowest BCUT2D eigenvalue weighted by Crippen LogP contribution is -2.50. The minimum atomic E-state index is -0.149. The Balaban J connectivity index is 1.46. The van der Waals surface area contributed by atoms with E-state index < -0.39 is 0 Å². The van der Waals surface area contributed by atoms with Crippen LogP contribution in [0.15, 0.2) is 34.9 Å². The van der Waals surface area contributed by atoms with Gasteiger partial charge in [0.05, 0.1) is 10.5 Å². The lowest BCUT2D eigenvalue weighted by molar-refractivity contribution is 0.0941. The van der Waals surface area contributed by atoms with Crippen molar-refractivity contribution in [3.63, 3.8) is 0 Å². The minimum absolute atomic E-state index is 0.149. The Morgan fingerprint density at radius 2 is 1.85 bits per heavy atom. The summed E-state index contributed by atoms with van der Waals surface area (Å²) in [7, 11) is 0. The zero-order chi connectivity index (χ0) is 23.2. The number of halogens is 1. The molecule has 33 heavy (non-hydrogen) atoms. The summed E-state index contributed by atoms with van der Waals surface area (Å²) in [5.74, 6) is 0.639. The highest BCUT2D eigenvalue weighted by atomic mass is 79.9. The molecule has 1 saturated carbocycles. The number of hydrogen-bond acceptors (Lipinski definition) is 7. The molecule has 2 heterocycles. The summed E-state index contributed by atoms with van der Waals surface area (Å²) in [6.45, 7) is 7.60. The summed E-state index contributed by atoms with van der Waals surface area (Å²) in [6, 6.07) is 8.09. The standard InChI is InChI=1S/C24H34BrN7O/c1-2-12-30-13-15-31(16-14-30)19-10-8-18(9-11-19)23(33)29-32(20-6-4-3-5-7-20)22-21(25)17-27-24(26)28-22/h8-11,17,20H,2-7,12-16H2,1H3,(H,29,33)(H2,26,27,28). The summed E-state index contributed by atoms with van der Waals surface area (Å²) in [5.41, 5.74) is 10.8. The molecule has 4 rings (SSSR count). The van der Waals surface area contributed by atoms with Crippen LogP contribution < -0.4 is 21.1 Å². The van der Waals surface area contributed by atoms with Gasteiger partial charge >= 0.3 is 0 Å². The molecule has 2 aliphatic rings. The summed E-state index contributed by atoms with van der Waals surface area (Å²) in [4.78, 5) is 26.6. The van der Waals surface area contributed by atoms with E-state index in [1.807, 2.05) is 29.3 Å². The second-order valence-corrected chi connectivity index (χ2v) is 9.73. The van der Waals surface area contributed by atoms with Crippen molar-refractivity contribution in [3.05, 3.63) is 40.5 Å². The Morgan fingerprint density at radius 3 is 2.52 bits per heavy atom. The van der Waals surface area contributed by atoms with Gasteiger partial charge in [-0.05, 0) is 66.0 Å². The van der Waals surface area contributed by atoms with E-state index in [0.717, 1.165) is 57.5 Å². The lowest BCUT2D eigenvalue weighted by atomic mass is 9.95. The van der Waals surface area contributed by atoms with Crippen LogP contribution in [-0.4, -0.2) is 59.5 Å². The van der Waals surface area contributed by atoms with E-state index >= 15 is 0 Å². The first-order valence-corrected chi connectivity index (χ1v) is 12.8. The molecule has 3 N–H and O–H groups in total. The summed E-state index contributed by atoms with van der Waals surface area (Å²) in [5, 5.41) is 1.88. The number of hydrazine groups is 1. The third kappa shape index (κ3) is 5.95. The molecule has 0 unspecified atom stereocenters. The first kappa shape index (κ1) is 23.8. The Kier molecular flexibility index (Phi) is 8.03. The third-order valence-corrected chi connectivity index (χ3v) is 7.10. The SMILES string of the molecule is CCCN1CCN(c2ccc(C(=O)NN(c3nc(N)ncc3Br)C3CCCCC3)cc2)CC1. The van der Waals surface area contributed by atoms with Gasteiger partial charge in [-0.15, -0.1) is 0 Å². The smallest absolute Gasteiger partial charge is 0.269 e. The first-order chi connectivity index (χ1) is 16.0. The number of amides is 1. The van der Waals surface area contributed by atoms with E-state index in [9.17, 15) is 4.79 Å². The fraction of sp³-hybridized carbons (Fsp3) is 0.542. The number of nitrogen functional groups attached to an aromatic ring is 1. The van der Waals surface area contributed by atoms with E-state index in [0.29, 0.717) is 15.9 Å². The highest BCUT2D eigenvalue weighted by Crippen LogP contribution is 2.30. The number of piperazine rings is 1. The molecule has 178 valence electrons. The first-order valence-electron chi connectivity index (χ1n) is 12.0. The van der Waals surface area contributed by atoms with Gasteiger partial charge in [0.25, 0.3) is 5.91 Å².